The van der Waals surface area contributed by atoms with Gasteiger partial charge in [0.1, 0.15) is 5.75 Å². The number of hydrogen-bond donors (Lipinski definition) is 3. The lowest BCUT2D eigenvalue weighted by Crippen LogP contribution is -2.59. The van der Waals surface area contributed by atoms with Crippen LogP contribution in [-0.4, -0.2) is 104 Å². The molecule has 4 rings (SSSR count). The molecule has 39 heavy (non-hydrogen) atoms. The molecule has 3 aliphatic rings. The maximum atomic E-state index is 13.3. The van der Waals surface area contributed by atoms with Gasteiger partial charge in [-0.2, -0.15) is 0 Å². The number of benzene rings is 1. The van der Waals surface area contributed by atoms with E-state index in [1.165, 1.54) is 4.90 Å². The van der Waals surface area contributed by atoms with Gasteiger partial charge in [0.25, 0.3) is 5.91 Å². The van der Waals surface area contributed by atoms with E-state index in [1.54, 1.807) is 24.1 Å². The van der Waals surface area contributed by atoms with E-state index in [1.807, 2.05) is 18.2 Å². The minimum atomic E-state index is -0.782. The van der Waals surface area contributed by atoms with Gasteiger partial charge in [0.05, 0.1) is 18.1 Å². The standard InChI is InChI=1S/C28H41N5O6/c1-32-19-25(35)31-28(11-14-33(15-12-28)26(36)20-39-22-6-3-2-4-7-22)18-24(34)29-13-5-8-23(27(32)37)30-21-9-16-38-17-10-21/h2-4,6-7,21,23,30H,5,8-20H2,1H3,(H,29,34)(H,31,35)/t23-/m0/s1. The van der Waals surface area contributed by atoms with Crippen molar-refractivity contribution in [3.63, 3.8) is 0 Å². The Hall–Kier alpha value is -3.18. The monoisotopic (exact) mass is 543 g/mol. The van der Waals surface area contributed by atoms with Crippen molar-refractivity contribution in [1.82, 2.24) is 25.8 Å². The molecule has 1 spiro atoms. The maximum absolute atomic E-state index is 13.3. The highest BCUT2D eigenvalue weighted by molar-refractivity contribution is 5.88. The van der Waals surface area contributed by atoms with Crippen molar-refractivity contribution in [2.24, 2.45) is 0 Å². The average molecular weight is 544 g/mol. The number of carbonyl (C=O) groups excluding carboxylic acids is 4. The predicted molar refractivity (Wildman–Crippen MR) is 144 cm³/mol. The Morgan fingerprint density at radius 2 is 1.79 bits per heavy atom. The van der Waals surface area contributed by atoms with Crippen LogP contribution in [-0.2, 0) is 23.9 Å². The van der Waals surface area contributed by atoms with E-state index in [2.05, 4.69) is 16.0 Å². The molecule has 0 aromatic heterocycles. The van der Waals surface area contributed by atoms with Crippen LogP contribution < -0.4 is 20.7 Å². The molecular weight excluding hydrogens is 502 g/mol. The van der Waals surface area contributed by atoms with E-state index in [9.17, 15) is 19.2 Å². The fourth-order valence-corrected chi connectivity index (χ4v) is 5.51. The fraction of sp³-hybridized carbons (Fsp3) is 0.643. The molecule has 1 atom stereocenters. The lowest BCUT2D eigenvalue weighted by atomic mass is 9.83. The Morgan fingerprint density at radius 3 is 2.51 bits per heavy atom. The Bertz CT molecular complexity index is 991. The van der Waals surface area contributed by atoms with Crippen LogP contribution in [0.15, 0.2) is 30.3 Å². The third kappa shape index (κ3) is 8.40. The molecular formula is C28H41N5O6. The maximum Gasteiger partial charge on any atom is 0.260 e. The number of likely N-dealkylation sites (tertiary alicyclic amines) is 1. The van der Waals surface area contributed by atoms with Gasteiger partial charge in [-0.25, -0.2) is 0 Å². The Kier molecular flexibility index (Phi) is 10.2. The van der Waals surface area contributed by atoms with E-state index < -0.39 is 11.6 Å². The number of ether oxygens (including phenoxy) is 2. The van der Waals surface area contributed by atoms with Crippen molar-refractivity contribution in [2.45, 2.75) is 62.6 Å². The van der Waals surface area contributed by atoms with Crippen LogP contribution in [0.3, 0.4) is 0 Å². The SMILES string of the molecule is CN1CC(=O)NC2(CCN(C(=O)COc3ccccc3)CC2)CC(=O)NCCC[C@H](NC2CCOCC2)C1=O. The van der Waals surface area contributed by atoms with E-state index in [0.29, 0.717) is 64.3 Å². The number of hydrogen-bond acceptors (Lipinski definition) is 7. The first-order valence-electron chi connectivity index (χ1n) is 14.0. The third-order valence-corrected chi connectivity index (χ3v) is 7.79. The van der Waals surface area contributed by atoms with Gasteiger partial charge in [-0.1, -0.05) is 18.2 Å². The van der Waals surface area contributed by atoms with Gasteiger partial charge in [-0.3, -0.25) is 19.2 Å². The van der Waals surface area contributed by atoms with E-state index in [4.69, 9.17) is 9.47 Å². The van der Waals surface area contributed by atoms with Crippen LogP contribution in [0.1, 0.15) is 44.9 Å². The summed E-state index contributed by atoms with van der Waals surface area (Å²) in [4.78, 5) is 55.2. The summed E-state index contributed by atoms with van der Waals surface area (Å²) in [6, 6.07) is 8.92. The molecule has 0 radical (unpaired) electrons. The normalized spacial score (nSPS) is 23.7. The number of likely N-dealkylation sites (N-methyl/N-ethyl adjacent to an activating group) is 1. The Morgan fingerprint density at radius 1 is 1.08 bits per heavy atom. The molecule has 11 nitrogen and oxygen atoms in total. The van der Waals surface area contributed by atoms with Crippen molar-refractivity contribution in [3.05, 3.63) is 30.3 Å². The first-order chi connectivity index (χ1) is 18.8. The molecule has 0 unspecified atom stereocenters. The van der Waals surface area contributed by atoms with Crippen LogP contribution in [0.5, 0.6) is 5.75 Å². The first kappa shape index (κ1) is 28.8. The van der Waals surface area contributed by atoms with Crippen molar-refractivity contribution in [3.8, 4) is 5.75 Å². The molecule has 0 aliphatic carbocycles. The van der Waals surface area contributed by atoms with E-state index in [-0.39, 0.29) is 49.2 Å². The van der Waals surface area contributed by atoms with Gasteiger partial charge in [-0.15, -0.1) is 0 Å². The highest BCUT2D eigenvalue weighted by Crippen LogP contribution is 2.27. The van der Waals surface area contributed by atoms with Gasteiger partial charge < -0.3 is 35.2 Å². The summed E-state index contributed by atoms with van der Waals surface area (Å²) in [7, 11) is 1.64. The molecule has 3 saturated heterocycles. The topological polar surface area (TPSA) is 129 Å². The summed E-state index contributed by atoms with van der Waals surface area (Å²) in [5, 5.41) is 9.49. The van der Waals surface area contributed by atoms with Gasteiger partial charge in [-0.05, 0) is 50.7 Å². The zero-order valence-corrected chi connectivity index (χ0v) is 22.8. The molecule has 4 amide bonds. The highest BCUT2D eigenvalue weighted by Gasteiger charge is 2.40. The molecule has 3 N–H and O–H groups in total. The number of rotatable bonds is 5. The van der Waals surface area contributed by atoms with Gasteiger partial charge in [0.2, 0.25) is 17.7 Å². The van der Waals surface area contributed by atoms with E-state index in [0.717, 1.165) is 12.8 Å². The number of piperidine rings is 1. The number of nitrogens with one attached hydrogen (secondary N) is 3. The molecule has 214 valence electrons. The number of para-hydroxylation sites is 1. The molecule has 0 saturated carbocycles. The minimum absolute atomic E-state index is 0.0696. The van der Waals surface area contributed by atoms with Crippen LogP contribution in [0.4, 0.5) is 0 Å². The quantitative estimate of drug-likeness (QED) is 0.492. The summed E-state index contributed by atoms with van der Waals surface area (Å²) in [6.45, 7) is 2.41. The summed E-state index contributed by atoms with van der Waals surface area (Å²) in [5.41, 5.74) is -0.782. The van der Waals surface area contributed by atoms with Crippen LogP contribution in [0, 0.1) is 0 Å². The summed E-state index contributed by atoms with van der Waals surface area (Å²) in [5.74, 6) is -0.0924. The van der Waals surface area contributed by atoms with Gasteiger partial charge in [0.15, 0.2) is 6.61 Å². The zero-order valence-electron chi connectivity index (χ0n) is 22.8. The number of carbonyl (C=O) groups is 4. The van der Waals surface area contributed by atoms with Crippen LogP contribution >= 0.6 is 0 Å². The molecule has 3 fully saturated rings. The molecule has 0 bridgehead atoms. The average Bonchev–Trinajstić information content (AvgIpc) is 2.94. The lowest BCUT2D eigenvalue weighted by Gasteiger charge is -2.42. The smallest absolute Gasteiger partial charge is 0.260 e. The van der Waals surface area contributed by atoms with Crippen LogP contribution in [0.2, 0.25) is 0 Å². The Balaban J connectivity index is 1.36. The molecule has 11 heteroatoms. The van der Waals surface area contributed by atoms with Crippen molar-refractivity contribution < 1.29 is 28.7 Å². The minimum Gasteiger partial charge on any atom is -0.484 e. The van der Waals surface area contributed by atoms with Crippen molar-refractivity contribution in [2.75, 3.05) is 53.0 Å². The van der Waals surface area contributed by atoms with E-state index >= 15 is 0 Å². The molecule has 1 aromatic carbocycles. The second-order valence-corrected chi connectivity index (χ2v) is 10.8. The molecule has 1 aromatic rings. The fourth-order valence-electron chi connectivity index (χ4n) is 5.51. The van der Waals surface area contributed by atoms with Crippen molar-refractivity contribution >= 4 is 23.6 Å². The third-order valence-electron chi connectivity index (χ3n) is 7.79. The second-order valence-electron chi connectivity index (χ2n) is 10.8. The molecule has 3 aliphatic heterocycles. The number of nitrogens with zero attached hydrogens (tertiary/aromatic N) is 2. The lowest BCUT2D eigenvalue weighted by molar-refractivity contribution is -0.139. The van der Waals surface area contributed by atoms with Gasteiger partial charge in [0, 0.05) is 52.4 Å². The van der Waals surface area contributed by atoms with Gasteiger partial charge >= 0.3 is 0 Å². The zero-order chi connectivity index (χ0) is 27.7. The Labute approximate surface area is 229 Å². The first-order valence-corrected chi connectivity index (χ1v) is 14.0. The summed E-state index contributed by atoms with van der Waals surface area (Å²) in [6.07, 6.45) is 3.89. The second kappa shape index (κ2) is 13.7. The highest BCUT2D eigenvalue weighted by atomic mass is 16.5. The van der Waals surface area contributed by atoms with Crippen LogP contribution in [0.25, 0.3) is 0 Å². The largest absolute Gasteiger partial charge is 0.484 e. The predicted octanol–water partition coefficient (Wildman–Crippen LogP) is 0.439. The van der Waals surface area contributed by atoms with Crippen molar-refractivity contribution in [1.29, 1.82) is 0 Å². The summed E-state index contributed by atoms with van der Waals surface area (Å²) >= 11 is 0. The summed E-state index contributed by atoms with van der Waals surface area (Å²) < 4.78 is 11.0. The molecule has 3 heterocycles. The number of amides is 4.